The first kappa shape index (κ1) is 6.62. The first-order valence-corrected chi connectivity index (χ1v) is 4.14. The Kier molecular flexibility index (Phi) is 1.29. The maximum Gasteiger partial charge on any atom is 0.0649 e. The van der Waals surface area contributed by atoms with E-state index < -0.39 is 0 Å². The fourth-order valence-electron chi connectivity index (χ4n) is 2.37. The lowest BCUT2D eigenvalue weighted by molar-refractivity contribution is 0.0111. The van der Waals surface area contributed by atoms with Crippen molar-refractivity contribution in [1.29, 1.82) is 0 Å². The van der Waals surface area contributed by atoms with Gasteiger partial charge < -0.3 is 10.4 Å². The minimum atomic E-state index is -0.378. The second-order valence-corrected chi connectivity index (χ2v) is 4.04. The smallest absolute Gasteiger partial charge is 0.0649 e. The molecule has 0 amide bonds. The number of rotatable bonds is 0. The Morgan fingerprint density at radius 3 is 2.30 bits per heavy atom. The Bertz CT molecular complexity index is 130. The zero-order valence-corrected chi connectivity index (χ0v) is 6.43. The Balaban J connectivity index is 2.09. The third kappa shape index (κ3) is 1.06. The van der Waals surface area contributed by atoms with Gasteiger partial charge in [-0.2, -0.15) is 0 Å². The van der Waals surface area contributed by atoms with Gasteiger partial charge in [0.2, 0.25) is 0 Å². The molecule has 2 bridgehead atoms. The second-order valence-electron chi connectivity index (χ2n) is 4.04. The summed E-state index contributed by atoms with van der Waals surface area (Å²) in [6.07, 6.45) is 4.43. The largest absolute Gasteiger partial charge is 0.390 e. The predicted octanol–water partition coefficient (Wildman–Crippen LogP) is 0.652. The first-order valence-electron chi connectivity index (χ1n) is 4.14. The molecule has 0 aromatic carbocycles. The minimum Gasteiger partial charge on any atom is -0.390 e. The van der Waals surface area contributed by atoms with Gasteiger partial charge in [-0.05, 0) is 32.6 Å². The average Bonchev–Trinajstić information content (AvgIpc) is 2.08. The fraction of sp³-hybridized carbons (Fsp3) is 1.00. The van der Waals surface area contributed by atoms with Gasteiger partial charge in [0.1, 0.15) is 0 Å². The monoisotopic (exact) mass is 141 g/mol. The van der Waals surface area contributed by atoms with Gasteiger partial charge in [-0.3, -0.25) is 0 Å². The van der Waals surface area contributed by atoms with Gasteiger partial charge in [-0.1, -0.05) is 0 Å². The van der Waals surface area contributed by atoms with Crippen molar-refractivity contribution in [3.8, 4) is 0 Å². The Morgan fingerprint density at radius 1 is 1.30 bits per heavy atom. The molecule has 2 heteroatoms. The Morgan fingerprint density at radius 2 is 1.80 bits per heavy atom. The summed E-state index contributed by atoms with van der Waals surface area (Å²) < 4.78 is 0. The normalized spacial score (nSPS) is 53.4. The average molecular weight is 141 g/mol. The summed E-state index contributed by atoms with van der Waals surface area (Å²) in [5, 5.41) is 13.2. The van der Waals surface area contributed by atoms with Crippen LogP contribution in [0.15, 0.2) is 0 Å². The van der Waals surface area contributed by atoms with Crippen LogP contribution in [0.3, 0.4) is 0 Å². The molecule has 10 heavy (non-hydrogen) atoms. The second kappa shape index (κ2) is 1.95. The van der Waals surface area contributed by atoms with Crippen LogP contribution < -0.4 is 5.32 Å². The molecule has 2 saturated heterocycles. The summed E-state index contributed by atoms with van der Waals surface area (Å²) in [6.45, 7) is 1.96. The van der Waals surface area contributed by atoms with Crippen LogP contribution in [0, 0.1) is 0 Å². The van der Waals surface area contributed by atoms with E-state index in [-0.39, 0.29) is 5.60 Å². The highest BCUT2D eigenvalue weighted by molar-refractivity contribution is 4.97. The molecule has 0 aliphatic carbocycles. The predicted molar refractivity (Wildman–Crippen MR) is 39.8 cm³/mol. The number of aliphatic hydroxyl groups is 1. The summed E-state index contributed by atoms with van der Waals surface area (Å²) in [7, 11) is 0. The fourth-order valence-corrected chi connectivity index (χ4v) is 2.37. The van der Waals surface area contributed by atoms with E-state index in [1.165, 1.54) is 12.8 Å². The Labute approximate surface area is 61.6 Å². The quantitative estimate of drug-likeness (QED) is 0.519. The van der Waals surface area contributed by atoms with Crippen LogP contribution in [0.5, 0.6) is 0 Å². The van der Waals surface area contributed by atoms with E-state index in [4.69, 9.17) is 0 Å². The summed E-state index contributed by atoms with van der Waals surface area (Å²) in [4.78, 5) is 0. The van der Waals surface area contributed by atoms with E-state index in [1.54, 1.807) is 0 Å². The highest BCUT2D eigenvalue weighted by atomic mass is 16.3. The topological polar surface area (TPSA) is 32.3 Å². The molecule has 1 unspecified atom stereocenters. The molecule has 2 nitrogen and oxygen atoms in total. The van der Waals surface area contributed by atoms with Gasteiger partial charge in [-0.15, -0.1) is 0 Å². The number of piperidine rings is 1. The maximum absolute atomic E-state index is 9.72. The van der Waals surface area contributed by atoms with E-state index in [2.05, 4.69) is 5.32 Å². The standard InChI is InChI=1S/C8H15NO/c1-8(10)4-6-2-3-7(5-8)9-6/h6-7,9-10H,2-5H2,1H3/t6-,7+,8?. The van der Waals surface area contributed by atoms with Gasteiger partial charge >= 0.3 is 0 Å². The van der Waals surface area contributed by atoms with Crippen molar-refractivity contribution in [1.82, 2.24) is 5.32 Å². The van der Waals surface area contributed by atoms with Crippen LogP contribution in [-0.2, 0) is 0 Å². The summed E-state index contributed by atoms with van der Waals surface area (Å²) >= 11 is 0. The van der Waals surface area contributed by atoms with Crippen LogP contribution >= 0.6 is 0 Å². The molecule has 2 aliphatic rings. The number of nitrogens with one attached hydrogen (secondary N) is 1. The lowest BCUT2D eigenvalue weighted by atomic mass is 9.90. The van der Waals surface area contributed by atoms with Gasteiger partial charge in [0, 0.05) is 12.1 Å². The molecule has 0 aromatic heterocycles. The third-order valence-corrected chi connectivity index (χ3v) is 2.71. The molecule has 0 aromatic rings. The van der Waals surface area contributed by atoms with Crippen molar-refractivity contribution in [3.63, 3.8) is 0 Å². The molecule has 2 rings (SSSR count). The Hall–Kier alpha value is -0.0800. The lowest BCUT2D eigenvalue weighted by Gasteiger charge is -2.33. The molecule has 3 atom stereocenters. The molecule has 2 heterocycles. The van der Waals surface area contributed by atoms with Crippen molar-refractivity contribution in [2.75, 3.05) is 0 Å². The molecule has 58 valence electrons. The van der Waals surface area contributed by atoms with Crippen molar-refractivity contribution in [3.05, 3.63) is 0 Å². The highest BCUT2D eigenvalue weighted by Crippen LogP contribution is 2.33. The maximum atomic E-state index is 9.72. The minimum absolute atomic E-state index is 0.378. The van der Waals surface area contributed by atoms with Crippen LogP contribution in [0.1, 0.15) is 32.6 Å². The molecule has 0 saturated carbocycles. The van der Waals surface area contributed by atoms with Crippen LogP contribution in [0.2, 0.25) is 0 Å². The van der Waals surface area contributed by atoms with Crippen LogP contribution in [-0.4, -0.2) is 22.8 Å². The molecule has 2 N–H and O–H groups in total. The molecular weight excluding hydrogens is 126 g/mol. The number of hydrogen-bond acceptors (Lipinski definition) is 2. The zero-order chi connectivity index (χ0) is 7.19. The molecule has 2 aliphatic heterocycles. The van der Waals surface area contributed by atoms with Gasteiger partial charge in [0.05, 0.1) is 5.60 Å². The first-order chi connectivity index (χ1) is 4.66. The van der Waals surface area contributed by atoms with Crippen molar-refractivity contribution in [2.45, 2.75) is 50.3 Å². The number of hydrogen-bond donors (Lipinski definition) is 2. The van der Waals surface area contributed by atoms with E-state index in [1.807, 2.05) is 6.92 Å². The SMILES string of the molecule is CC1(O)C[C@H]2CC[C@@H](C1)N2. The third-order valence-electron chi connectivity index (χ3n) is 2.71. The van der Waals surface area contributed by atoms with Crippen molar-refractivity contribution < 1.29 is 5.11 Å². The van der Waals surface area contributed by atoms with Crippen molar-refractivity contribution >= 4 is 0 Å². The summed E-state index contributed by atoms with van der Waals surface area (Å²) in [5.41, 5.74) is -0.378. The van der Waals surface area contributed by atoms with Gasteiger partial charge in [0.15, 0.2) is 0 Å². The zero-order valence-electron chi connectivity index (χ0n) is 6.43. The summed E-state index contributed by atoms with van der Waals surface area (Å²) in [5.74, 6) is 0. The van der Waals surface area contributed by atoms with Gasteiger partial charge in [0.25, 0.3) is 0 Å². The molecule has 2 fully saturated rings. The van der Waals surface area contributed by atoms with Crippen LogP contribution in [0.25, 0.3) is 0 Å². The lowest BCUT2D eigenvalue weighted by Crippen LogP contribution is -2.46. The summed E-state index contributed by atoms with van der Waals surface area (Å²) in [6, 6.07) is 1.21. The van der Waals surface area contributed by atoms with E-state index in [0.717, 1.165) is 12.8 Å². The van der Waals surface area contributed by atoms with E-state index >= 15 is 0 Å². The van der Waals surface area contributed by atoms with E-state index in [9.17, 15) is 5.11 Å². The number of fused-ring (bicyclic) bond motifs is 2. The molecular formula is C8H15NO. The van der Waals surface area contributed by atoms with Crippen LogP contribution in [0.4, 0.5) is 0 Å². The molecule has 0 radical (unpaired) electrons. The van der Waals surface area contributed by atoms with E-state index in [0.29, 0.717) is 12.1 Å². The molecule has 0 spiro atoms. The van der Waals surface area contributed by atoms with Crippen molar-refractivity contribution in [2.24, 2.45) is 0 Å². The van der Waals surface area contributed by atoms with Gasteiger partial charge in [-0.25, -0.2) is 0 Å². The highest BCUT2D eigenvalue weighted by Gasteiger charge is 2.38.